The first-order valence-electron chi connectivity index (χ1n) is 10.7. The van der Waals surface area contributed by atoms with E-state index in [1.54, 1.807) is 0 Å². The molecule has 154 valence electrons. The highest BCUT2D eigenvalue weighted by Gasteiger charge is 2.46. The second-order valence-corrected chi connectivity index (χ2v) is 8.83. The Morgan fingerprint density at radius 3 is 2.48 bits per heavy atom. The van der Waals surface area contributed by atoms with Crippen LogP contribution in [0.4, 0.5) is 0 Å². The molecule has 1 saturated heterocycles. The summed E-state index contributed by atoms with van der Waals surface area (Å²) in [5.41, 5.74) is 4.55. The Balaban J connectivity index is 1.91. The number of aryl methyl sites for hydroxylation is 1. The van der Waals surface area contributed by atoms with Crippen molar-refractivity contribution in [2.24, 2.45) is 5.92 Å². The molecule has 0 radical (unpaired) electrons. The van der Waals surface area contributed by atoms with Gasteiger partial charge in [-0.1, -0.05) is 20.8 Å². The number of nitriles is 1. The van der Waals surface area contributed by atoms with E-state index in [9.17, 15) is 4.79 Å². The first kappa shape index (κ1) is 21.3. The smallest absolute Gasteiger partial charge is 0.178 e. The predicted octanol–water partition coefficient (Wildman–Crippen LogP) is 5.44. The lowest BCUT2D eigenvalue weighted by atomic mass is 9.81. The van der Waals surface area contributed by atoms with Crippen LogP contribution < -0.4 is 0 Å². The number of Topliss-reactive ketones (excluding diaryl/α,β-unsaturated/α-hetero) is 1. The Hall–Kier alpha value is -2.38. The molecule has 2 atom stereocenters. The Bertz CT molecular complexity index is 932. The second kappa shape index (κ2) is 8.16. The van der Waals surface area contributed by atoms with Gasteiger partial charge in [0.15, 0.2) is 5.78 Å². The molecule has 0 amide bonds. The summed E-state index contributed by atoms with van der Waals surface area (Å²) in [6.45, 7) is 13.6. The molecule has 2 unspecified atom stereocenters. The maximum atomic E-state index is 13.4. The van der Waals surface area contributed by atoms with Crippen LogP contribution >= 0.6 is 0 Å². The average molecular weight is 392 g/mol. The van der Waals surface area contributed by atoms with Crippen LogP contribution in [0.1, 0.15) is 74.3 Å². The normalized spacial score (nSPS) is 22.2. The third-order valence-corrected chi connectivity index (χ3v) is 7.09. The van der Waals surface area contributed by atoms with Crippen LogP contribution in [0.3, 0.4) is 0 Å². The van der Waals surface area contributed by atoms with Crippen LogP contribution in [-0.2, 0) is 0 Å². The van der Waals surface area contributed by atoms with Crippen molar-refractivity contribution in [3.05, 3.63) is 52.8 Å². The maximum Gasteiger partial charge on any atom is 0.178 e. The van der Waals surface area contributed by atoms with Gasteiger partial charge in [-0.15, -0.1) is 0 Å². The lowest BCUT2D eigenvalue weighted by Crippen LogP contribution is -2.51. The Labute approximate surface area is 175 Å². The zero-order chi connectivity index (χ0) is 21.3. The van der Waals surface area contributed by atoms with Gasteiger partial charge in [0.1, 0.15) is 0 Å². The SMILES string of the molecule is CCC1(C(C)C)CCC(C)N1CC(=O)c1cc(C)n(-c2ccc(C#N)cc2)c1C. The number of rotatable bonds is 6. The van der Waals surface area contributed by atoms with Crippen LogP contribution in [0, 0.1) is 31.1 Å². The first-order valence-corrected chi connectivity index (χ1v) is 10.7. The highest BCUT2D eigenvalue weighted by atomic mass is 16.1. The Morgan fingerprint density at radius 1 is 1.28 bits per heavy atom. The van der Waals surface area contributed by atoms with Gasteiger partial charge in [0, 0.05) is 34.2 Å². The molecule has 1 aliphatic heterocycles. The summed E-state index contributed by atoms with van der Waals surface area (Å²) < 4.78 is 2.11. The fourth-order valence-electron chi connectivity index (χ4n) is 5.29. The third-order valence-electron chi connectivity index (χ3n) is 7.09. The van der Waals surface area contributed by atoms with E-state index in [0.717, 1.165) is 35.5 Å². The minimum atomic E-state index is 0.119. The lowest BCUT2D eigenvalue weighted by Gasteiger charge is -2.43. The quantitative estimate of drug-likeness (QED) is 0.616. The molecule has 0 N–H and O–H groups in total. The van der Waals surface area contributed by atoms with Crippen LogP contribution in [-0.4, -0.2) is 33.4 Å². The molecule has 1 fully saturated rings. The maximum absolute atomic E-state index is 13.4. The molecule has 1 aromatic heterocycles. The zero-order valence-electron chi connectivity index (χ0n) is 18.6. The van der Waals surface area contributed by atoms with Crippen molar-refractivity contribution < 1.29 is 4.79 Å². The van der Waals surface area contributed by atoms with Crippen LogP contribution in [0.15, 0.2) is 30.3 Å². The minimum Gasteiger partial charge on any atom is -0.318 e. The number of aromatic nitrogens is 1. The van der Waals surface area contributed by atoms with Gasteiger partial charge >= 0.3 is 0 Å². The van der Waals surface area contributed by atoms with E-state index < -0.39 is 0 Å². The van der Waals surface area contributed by atoms with Crippen molar-refractivity contribution in [1.29, 1.82) is 5.26 Å². The topological polar surface area (TPSA) is 49.0 Å². The predicted molar refractivity (Wildman–Crippen MR) is 118 cm³/mol. The van der Waals surface area contributed by atoms with Crippen molar-refractivity contribution >= 4 is 5.78 Å². The van der Waals surface area contributed by atoms with E-state index in [2.05, 4.69) is 43.2 Å². The molecule has 0 spiro atoms. The van der Waals surface area contributed by atoms with E-state index in [1.807, 2.05) is 44.2 Å². The van der Waals surface area contributed by atoms with Crippen LogP contribution in [0.5, 0.6) is 0 Å². The summed E-state index contributed by atoms with van der Waals surface area (Å²) in [6, 6.07) is 12.1. The standard InChI is InChI=1S/C25H33N3O/c1-7-25(17(2)3)13-12-18(4)27(25)16-24(29)23-14-19(5)28(20(23)6)22-10-8-21(15-26)9-11-22/h8-11,14,17-18H,7,12-13,16H2,1-6H3. The largest absolute Gasteiger partial charge is 0.318 e. The van der Waals surface area contributed by atoms with Crippen LogP contribution in [0.2, 0.25) is 0 Å². The van der Waals surface area contributed by atoms with Gasteiger partial charge in [0.25, 0.3) is 0 Å². The minimum absolute atomic E-state index is 0.119. The summed E-state index contributed by atoms with van der Waals surface area (Å²) in [7, 11) is 0. The van der Waals surface area contributed by atoms with E-state index in [0.29, 0.717) is 24.1 Å². The number of hydrogen-bond acceptors (Lipinski definition) is 3. The van der Waals surface area contributed by atoms with Gasteiger partial charge < -0.3 is 4.57 Å². The van der Waals surface area contributed by atoms with E-state index >= 15 is 0 Å². The molecule has 0 aliphatic carbocycles. The molecular formula is C25H33N3O. The number of hydrogen-bond donors (Lipinski definition) is 0. The van der Waals surface area contributed by atoms with Crippen molar-refractivity contribution in [3.8, 4) is 11.8 Å². The molecule has 4 nitrogen and oxygen atoms in total. The van der Waals surface area contributed by atoms with Gasteiger partial charge in [-0.3, -0.25) is 9.69 Å². The third kappa shape index (κ3) is 3.65. The lowest BCUT2D eigenvalue weighted by molar-refractivity contribution is 0.0509. The van der Waals surface area contributed by atoms with Crippen molar-refractivity contribution in [3.63, 3.8) is 0 Å². The van der Waals surface area contributed by atoms with Crippen molar-refractivity contribution in [2.45, 2.75) is 72.4 Å². The molecule has 29 heavy (non-hydrogen) atoms. The molecular weight excluding hydrogens is 358 g/mol. The van der Waals surface area contributed by atoms with E-state index in [1.165, 1.54) is 6.42 Å². The van der Waals surface area contributed by atoms with Gasteiger partial charge in [0.2, 0.25) is 0 Å². The molecule has 1 aromatic carbocycles. The number of carbonyl (C=O) groups is 1. The monoisotopic (exact) mass is 391 g/mol. The highest BCUT2D eigenvalue weighted by Crippen LogP contribution is 2.42. The van der Waals surface area contributed by atoms with Crippen molar-refractivity contribution in [1.82, 2.24) is 9.47 Å². The number of carbonyl (C=O) groups excluding carboxylic acids is 1. The average Bonchev–Trinajstić information content (AvgIpc) is 3.19. The zero-order valence-corrected chi connectivity index (χ0v) is 18.6. The number of nitrogens with zero attached hydrogens (tertiary/aromatic N) is 3. The Morgan fingerprint density at radius 2 is 1.93 bits per heavy atom. The first-order chi connectivity index (χ1) is 13.7. The molecule has 0 saturated carbocycles. The molecule has 4 heteroatoms. The molecule has 2 aromatic rings. The van der Waals surface area contributed by atoms with Gasteiger partial charge in [0.05, 0.1) is 18.2 Å². The van der Waals surface area contributed by atoms with Crippen molar-refractivity contribution in [2.75, 3.05) is 6.54 Å². The van der Waals surface area contributed by atoms with E-state index in [-0.39, 0.29) is 11.3 Å². The van der Waals surface area contributed by atoms with Gasteiger partial charge in [-0.25, -0.2) is 0 Å². The van der Waals surface area contributed by atoms with Crippen LogP contribution in [0.25, 0.3) is 5.69 Å². The number of likely N-dealkylation sites (tertiary alicyclic amines) is 1. The van der Waals surface area contributed by atoms with Gasteiger partial charge in [-0.05, 0) is 76.3 Å². The van der Waals surface area contributed by atoms with E-state index in [4.69, 9.17) is 5.26 Å². The fourth-order valence-corrected chi connectivity index (χ4v) is 5.29. The summed E-state index contributed by atoms with van der Waals surface area (Å²) in [5, 5.41) is 9.04. The molecule has 0 bridgehead atoms. The summed E-state index contributed by atoms with van der Waals surface area (Å²) in [4.78, 5) is 15.9. The Kier molecular flexibility index (Phi) is 6.00. The summed E-state index contributed by atoms with van der Waals surface area (Å²) in [6.07, 6.45) is 3.40. The summed E-state index contributed by atoms with van der Waals surface area (Å²) in [5.74, 6) is 0.724. The fraction of sp³-hybridized carbons (Fsp3) is 0.520. The van der Waals surface area contributed by atoms with Gasteiger partial charge in [-0.2, -0.15) is 5.26 Å². The highest BCUT2D eigenvalue weighted by molar-refractivity contribution is 5.99. The number of benzene rings is 1. The molecule has 2 heterocycles. The number of ketones is 1. The summed E-state index contributed by atoms with van der Waals surface area (Å²) >= 11 is 0. The molecule has 1 aliphatic rings. The molecule has 3 rings (SSSR count). The second-order valence-electron chi connectivity index (χ2n) is 8.83.